The summed E-state index contributed by atoms with van der Waals surface area (Å²) in [6, 6.07) is 5.22. The number of thiol groups is 1. The fourth-order valence-electron chi connectivity index (χ4n) is 1.28. The molecule has 1 aromatic rings. The van der Waals surface area contributed by atoms with E-state index in [1.165, 1.54) is 6.07 Å². The van der Waals surface area contributed by atoms with Crippen molar-refractivity contribution >= 4 is 12.6 Å². The monoisotopic (exact) mass is 235 g/mol. The van der Waals surface area contributed by atoms with Crippen LogP contribution in [0.15, 0.2) is 24.3 Å². The molecule has 0 heterocycles. The standard InChI is InChI=1S/C10H12F3NS/c11-10(12,13)9-3-1-2-7(4-9)8(5-14)6-15/h1-4,8,15H,5-6,14H2. The number of alkyl halides is 3. The minimum atomic E-state index is -4.30. The lowest BCUT2D eigenvalue weighted by molar-refractivity contribution is -0.137. The normalized spacial score (nSPS) is 13.9. The molecule has 0 amide bonds. The Kier molecular flexibility index (Phi) is 4.04. The molecule has 1 rings (SSSR count). The van der Waals surface area contributed by atoms with Gasteiger partial charge in [0.25, 0.3) is 0 Å². The van der Waals surface area contributed by atoms with Crippen molar-refractivity contribution < 1.29 is 13.2 Å². The van der Waals surface area contributed by atoms with Gasteiger partial charge in [0.05, 0.1) is 5.56 Å². The molecule has 0 aliphatic carbocycles. The molecule has 5 heteroatoms. The van der Waals surface area contributed by atoms with Gasteiger partial charge in [-0.05, 0) is 23.9 Å². The molecule has 0 saturated carbocycles. The van der Waals surface area contributed by atoms with E-state index >= 15 is 0 Å². The van der Waals surface area contributed by atoms with Gasteiger partial charge < -0.3 is 5.73 Å². The third-order valence-electron chi connectivity index (χ3n) is 2.19. The van der Waals surface area contributed by atoms with E-state index < -0.39 is 11.7 Å². The summed E-state index contributed by atoms with van der Waals surface area (Å²) in [7, 11) is 0. The number of halogens is 3. The number of benzene rings is 1. The zero-order chi connectivity index (χ0) is 11.5. The van der Waals surface area contributed by atoms with Gasteiger partial charge in [0, 0.05) is 5.92 Å². The molecule has 84 valence electrons. The topological polar surface area (TPSA) is 26.0 Å². The first kappa shape index (κ1) is 12.4. The first-order valence-electron chi connectivity index (χ1n) is 4.47. The van der Waals surface area contributed by atoms with Crippen LogP contribution < -0.4 is 5.73 Å². The fourth-order valence-corrected chi connectivity index (χ4v) is 1.64. The van der Waals surface area contributed by atoms with Crippen molar-refractivity contribution in [1.29, 1.82) is 0 Å². The molecule has 0 spiro atoms. The summed E-state index contributed by atoms with van der Waals surface area (Å²) < 4.78 is 37.2. The molecule has 0 aromatic heterocycles. The van der Waals surface area contributed by atoms with Crippen molar-refractivity contribution in [2.45, 2.75) is 12.1 Å². The van der Waals surface area contributed by atoms with Crippen LogP contribution in [0.25, 0.3) is 0 Å². The first-order chi connectivity index (χ1) is 6.99. The van der Waals surface area contributed by atoms with Crippen LogP contribution in [0.5, 0.6) is 0 Å². The Morgan fingerprint density at radius 2 is 2.00 bits per heavy atom. The molecule has 0 aliphatic rings. The van der Waals surface area contributed by atoms with Gasteiger partial charge in [0.15, 0.2) is 0 Å². The first-order valence-corrected chi connectivity index (χ1v) is 5.10. The number of hydrogen-bond donors (Lipinski definition) is 2. The Morgan fingerprint density at radius 3 is 2.47 bits per heavy atom. The average Bonchev–Trinajstić information content (AvgIpc) is 2.19. The van der Waals surface area contributed by atoms with Crippen molar-refractivity contribution in [3.8, 4) is 0 Å². The van der Waals surface area contributed by atoms with E-state index in [1.807, 2.05) is 0 Å². The van der Waals surface area contributed by atoms with Gasteiger partial charge in [0.1, 0.15) is 0 Å². The van der Waals surface area contributed by atoms with Crippen LogP contribution in [0, 0.1) is 0 Å². The summed E-state index contributed by atoms with van der Waals surface area (Å²) in [4.78, 5) is 0. The van der Waals surface area contributed by atoms with Crippen LogP contribution >= 0.6 is 12.6 Å². The van der Waals surface area contributed by atoms with Crippen molar-refractivity contribution in [3.05, 3.63) is 35.4 Å². The van der Waals surface area contributed by atoms with Gasteiger partial charge in [-0.2, -0.15) is 25.8 Å². The summed E-state index contributed by atoms with van der Waals surface area (Å²) in [6.45, 7) is 0.296. The highest BCUT2D eigenvalue weighted by Crippen LogP contribution is 2.31. The Labute approximate surface area is 91.9 Å². The van der Waals surface area contributed by atoms with Crippen LogP contribution in [-0.2, 0) is 6.18 Å². The van der Waals surface area contributed by atoms with Gasteiger partial charge in [-0.3, -0.25) is 0 Å². The van der Waals surface area contributed by atoms with Crippen molar-refractivity contribution in [1.82, 2.24) is 0 Å². The molecule has 0 bridgehead atoms. The average molecular weight is 235 g/mol. The Bertz CT molecular complexity index is 321. The highest BCUT2D eigenvalue weighted by Gasteiger charge is 2.30. The van der Waals surface area contributed by atoms with E-state index in [2.05, 4.69) is 12.6 Å². The van der Waals surface area contributed by atoms with Crippen molar-refractivity contribution in [2.75, 3.05) is 12.3 Å². The molecule has 1 atom stereocenters. The van der Waals surface area contributed by atoms with E-state index in [9.17, 15) is 13.2 Å². The molecule has 0 radical (unpaired) electrons. The van der Waals surface area contributed by atoms with Gasteiger partial charge in [-0.25, -0.2) is 0 Å². The molecule has 2 N–H and O–H groups in total. The lowest BCUT2D eigenvalue weighted by atomic mass is 9.99. The Balaban J connectivity index is 3.02. The maximum absolute atomic E-state index is 12.4. The Morgan fingerprint density at radius 1 is 1.33 bits per heavy atom. The third-order valence-corrected chi connectivity index (χ3v) is 2.63. The van der Waals surface area contributed by atoms with E-state index in [-0.39, 0.29) is 5.92 Å². The fraction of sp³-hybridized carbons (Fsp3) is 0.400. The maximum Gasteiger partial charge on any atom is 0.416 e. The van der Waals surface area contributed by atoms with Crippen molar-refractivity contribution in [3.63, 3.8) is 0 Å². The van der Waals surface area contributed by atoms with E-state index in [1.54, 1.807) is 6.07 Å². The summed E-state index contributed by atoms with van der Waals surface area (Å²) in [5, 5.41) is 0. The molecular weight excluding hydrogens is 223 g/mol. The second-order valence-corrected chi connectivity index (χ2v) is 3.60. The molecule has 15 heavy (non-hydrogen) atoms. The van der Waals surface area contributed by atoms with Crippen molar-refractivity contribution in [2.24, 2.45) is 5.73 Å². The molecule has 1 aromatic carbocycles. The zero-order valence-electron chi connectivity index (χ0n) is 7.96. The quantitative estimate of drug-likeness (QED) is 0.774. The molecule has 1 nitrogen and oxygen atoms in total. The van der Waals surface area contributed by atoms with Gasteiger partial charge >= 0.3 is 6.18 Å². The molecule has 0 saturated heterocycles. The third kappa shape index (κ3) is 3.14. The molecule has 0 fully saturated rings. The number of rotatable bonds is 3. The predicted octanol–water partition coefficient (Wildman–Crippen LogP) is 2.68. The largest absolute Gasteiger partial charge is 0.416 e. The van der Waals surface area contributed by atoms with Crippen LogP contribution in [0.3, 0.4) is 0 Å². The summed E-state index contributed by atoms with van der Waals surface area (Å²) in [6.07, 6.45) is -4.30. The summed E-state index contributed by atoms with van der Waals surface area (Å²) >= 11 is 4.05. The predicted molar refractivity (Wildman–Crippen MR) is 57.1 cm³/mol. The zero-order valence-corrected chi connectivity index (χ0v) is 8.85. The SMILES string of the molecule is NCC(CS)c1cccc(C(F)(F)F)c1. The molecule has 0 aliphatic heterocycles. The highest BCUT2D eigenvalue weighted by molar-refractivity contribution is 7.80. The lowest BCUT2D eigenvalue weighted by Crippen LogP contribution is -2.15. The van der Waals surface area contributed by atoms with Gasteiger partial charge in [0.2, 0.25) is 0 Å². The van der Waals surface area contributed by atoms with Crippen LogP contribution in [0.1, 0.15) is 17.0 Å². The maximum atomic E-state index is 12.4. The smallest absolute Gasteiger partial charge is 0.330 e. The molecule has 1 unspecified atom stereocenters. The van der Waals surface area contributed by atoms with E-state index in [0.29, 0.717) is 17.9 Å². The van der Waals surface area contributed by atoms with Crippen LogP contribution in [0.2, 0.25) is 0 Å². The summed E-state index contributed by atoms with van der Waals surface area (Å²) in [5.41, 5.74) is 5.39. The number of nitrogens with two attached hydrogens (primary N) is 1. The van der Waals surface area contributed by atoms with Gasteiger partial charge in [-0.15, -0.1) is 0 Å². The minimum Gasteiger partial charge on any atom is -0.330 e. The van der Waals surface area contributed by atoms with E-state index in [0.717, 1.165) is 12.1 Å². The number of hydrogen-bond acceptors (Lipinski definition) is 2. The van der Waals surface area contributed by atoms with Crippen LogP contribution in [-0.4, -0.2) is 12.3 Å². The minimum absolute atomic E-state index is 0.129. The molecular formula is C10H12F3NS. The highest BCUT2D eigenvalue weighted by atomic mass is 32.1. The second-order valence-electron chi connectivity index (χ2n) is 3.24. The summed E-state index contributed by atoms with van der Waals surface area (Å²) in [5.74, 6) is 0.313. The lowest BCUT2D eigenvalue weighted by Gasteiger charge is -2.14. The van der Waals surface area contributed by atoms with Crippen LogP contribution in [0.4, 0.5) is 13.2 Å². The van der Waals surface area contributed by atoms with E-state index in [4.69, 9.17) is 5.73 Å². The van der Waals surface area contributed by atoms with Gasteiger partial charge in [-0.1, -0.05) is 18.2 Å². The second kappa shape index (κ2) is 4.90. The Hall–Kier alpha value is -0.680.